The predicted molar refractivity (Wildman–Crippen MR) is 43.0 cm³/mol. The molecule has 0 atom stereocenters. The predicted octanol–water partition coefficient (Wildman–Crippen LogP) is -1.03. The van der Waals surface area contributed by atoms with E-state index in [1.165, 1.54) is 0 Å². The van der Waals surface area contributed by atoms with E-state index in [-0.39, 0.29) is 24.9 Å². The molecule has 0 aliphatic carbocycles. The van der Waals surface area contributed by atoms with Crippen molar-refractivity contribution in [3.63, 3.8) is 0 Å². The van der Waals surface area contributed by atoms with Gasteiger partial charge in [-0.25, -0.2) is 0 Å². The summed E-state index contributed by atoms with van der Waals surface area (Å²) in [5.41, 5.74) is 0. The first-order valence-corrected chi connectivity index (χ1v) is 3.71. The number of nitrogens with zero attached hydrogens (tertiary/aromatic N) is 1. The van der Waals surface area contributed by atoms with Crippen LogP contribution in [0.2, 0.25) is 0 Å². The minimum Gasteiger partial charge on any atom is -0.294 e. The summed E-state index contributed by atoms with van der Waals surface area (Å²) in [5, 5.41) is 2.21. The summed E-state index contributed by atoms with van der Waals surface area (Å²) < 4.78 is 0. The quantitative estimate of drug-likeness (QED) is 0.421. The van der Waals surface area contributed by atoms with Crippen LogP contribution < -0.4 is 5.32 Å². The lowest BCUT2D eigenvalue weighted by Crippen LogP contribution is -2.51. The van der Waals surface area contributed by atoms with Crippen LogP contribution >= 0.6 is 0 Å². The van der Waals surface area contributed by atoms with Gasteiger partial charge < -0.3 is 0 Å². The fraction of sp³-hybridized carbons (Fsp3) is 0.500. The van der Waals surface area contributed by atoms with Crippen molar-refractivity contribution in [1.29, 1.82) is 0 Å². The zero-order valence-electron chi connectivity index (χ0n) is 6.67. The third-order valence-electron chi connectivity index (χ3n) is 1.59. The summed E-state index contributed by atoms with van der Waals surface area (Å²) in [6.07, 6.45) is 5.62. The molecular weight excluding hydrogens is 156 g/mol. The maximum absolute atomic E-state index is 10.8. The molecular formula is C8H10N2O2. The lowest BCUT2D eigenvalue weighted by atomic mass is 10.3. The Balaban J connectivity index is 2.40. The van der Waals surface area contributed by atoms with Crippen LogP contribution in [0.3, 0.4) is 0 Å². The van der Waals surface area contributed by atoms with Crippen LogP contribution in [0.4, 0.5) is 0 Å². The molecule has 64 valence electrons. The molecule has 1 aliphatic rings. The van der Waals surface area contributed by atoms with Crippen LogP contribution in [-0.4, -0.2) is 36.3 Å². The first kappa shape index (κ1) is 8.75. The van der Waals surface area contributed by atoms with Crippen molar-refractivity contribution >= 4 is 11.8 Å². The topological polar surface area (TPSA) is 49.4 Å². The maximum atomic E-state index is 10.8. The van der Waals surface area contributed by atoms with E-state index in [0.29, 0.717) is 13.0 Å². The second-order valence-electron chi connectivity index (χ2n) is 2.64. The lowest BCUT2D eigenvalue weighted by Gasteiger charge is -2.23. The number of hydrogen-bond donors (Lipinski definition) is 1. The summed E-state index contributed by atoms with van der Waals surface area (Å²) in [5.74, 6) is 1.97. The highest BCUT2D eigenvalue weighted by molar-refractivity contribution is 5.99. The molecule has 0 bridgehead atoms. The molecule has 0 radical (unpaired) electrons. The summed E-state index contributed by atoms with van der Waals surface area (Å²) in [6, 6.07) is 0. The molecule has 1 rings (SSSR count). The highest BCUT2D eigenvalue weighted by Crippen LogP contribution is 1.95. The number of carbonyl (C=O) groups excluding carboxylic acids is 2. The first-order valence-electron chi connectivity index (χ1n) is 3.71. The molecule has 2 amide bonds. The standard InChI is InChI=1S/C8H10N2O2/c1-2-3-4-10-5-7(11)9-8(12)6-10/h1H,3-6H2,(H,9,11,12). The number of terminal acetylenes is 1. The Morgan fingerprint density at radius 3 is 2.50 bits per heavy atom. The monoisotopic (exact) mass is 166 g/mol. The molecule has 4 heteroatoms. The van der Waals surface area contributed by atoms with E-state index >= 15 is 0 Å². The largest absolute Gasteiger partial charge is 0.294 e. The SMILES string of the molecule is C#CCCN1CC(=O)NC(=O)C1. The van der Waals surface area contributed by atoms with E-state index in [2.05, 4.69) is 11.2 Å². The molecule has 0 unspecified atom stereocenters. The van der Waals surface area contributed by atoms with Crippen LogP contribution in [0.25, 0.3) is 0 Å². The van der Waals surface area contributed by atoms with E-state index < -0.39 is 0 Å². The molecule has 1 fully saturated rings. The number of rotatable bonds is 2. The number of imide groups is 1. The molecule has 0 aromatic heterocycles. The molecule has 1 N–H and O–H groups in total. The molecule has 4 nitrogen and oxygen atoms in total. The minimum absolute atomic E-state index is 0.247. The van der Waals surface area contributed by atoms with Crippen LogP contribution in [0, 0.1) is 12.3 Å². The zero-order chi connectivity index (χ0) is 8.97. The van der Waals surface area contributed by atoms with Gasteiger partial charge in [-0.15, -0.1) is 12.3 Å². The smallest absolute Gasteiger partial charge is 0.240 e. The Morgan fingerprint density at radius 2 is 2.00 bits per heavy atom. The second kappa shape index (κ2) is 3.88. The van der Waals surface area contributed by atoms with Crippen molar-refractivity contribution in [2.75, 3.05) is 19.6 Å². The Bertz CT molecular complexity index is 226. The van der Waals surface area contributed by atoms with E-state index in [1.807, 2.05) is 0 Å². The molecule has 0 spiro atoms. The fourth-order valence-corrected chi connectivity index (χ4v) is 1.08. The van der Waals surface area contributed by atoms with Crippen molar-refractivity contribution in [2.45, 2.75) is 6.42 Å². The number of hydrogen-bond acceptors (Lipinski definition) is 3. The van der Waals surface area contributed by atoms with Crippen LogP contribution in [0.1, 0.15) is 6.42 Å². The number of carbonyl (C=O) groups is 2. The number of nitrogens with one attached hydrogen (secondary N) is 1. The van der Waals surface area contributed by atoms with Crippen LogP contribution in [-0.2, 0) is 9.59 Å². The van der Waals surface area contributed by atoms with E-state index in [4.69, 9.17) is 6.42 Å². The van der Waals surface area contributed by atoms with Crippen molar-refractivity contribution in [2.24, 2.45) is 0 Å². The van der Waals surface area contributed by atoms with Gasteiger partial charge in [0, 0.05) is 13.0 Å². The molecule has 1 heterocycles. The van der Waals surface area contributed by atoms with Gasteiger partial charge in [0.1, 0.15) is 0 Å². The Labute approximate surface area is 70.9 Å². The van der Waals surface area contributed by atoms with Crippen molar-refractivity contribution in [3.8, 4) is 12.3 Å². The third kappa shape index (κ3) is 2.36. The van der Waals surface area contributed by atoms with Crippen molar-refractivity contribution in [3.05, 3.63) is 0 Å². The van der Waals surface area contributed by atoms with Gasteiger partial charge in [0.2, 0.25) is 11.8 Å². The van der Waals surface area contributed by atoms with Crippen molar-refractivity contribution in [1.82, 2.24) is 10.2 Å². The van der Waals surface area contributed by atoms with Gasteiger partial charge in [-0.3, -0.25) is 19.8 Å². The number of piperazine rings is 1. The molecule has 0 aromatic carbocycles. The Kier molecular flexibility index (Phi) is 2.83. The normalized spacial score (nSPS) is 18.6. The zero-order valence-corrected chi connectivity index (χ0v) is 6.67. The Morgan fingerprint density at radius 1 is 1.42 bits per heavy atom. The van der Waals surface area contributed by atoms with E-state index in [9.17, 15) is 9.59 Å². The maximum Gasteiger partial charge on any atom is 0.240 e. The molecule has 1 saturated heterocycles. The van der Waals surface area contributed by atoms with Gasteiger partial charge in [-0.2, -0.15) is 0 Å². The second-order valence-corrected chi connectivity index (χ2v) is 2.64. The lowest BCUT2D eigenvalue weighted by molar-refractivity contribution is -0.135. The van der Waals surface area contributed by atoms with Gasteiger partial charge in [0.25, 0.3) is 0 Å². The van der Waals surface area contributed by atoms with Crippen molar-refractivity contribution < 1.29 is 9.59 Å². The summed E-state index contributed by atoms with van der Waals surface area (Å²) in [4.78, 5) is 23.4. The first-order chi connectivity index (χ1) is 5.72. The van der Waals surface area contributed by atoms with Gasteiger partial charge in [0.05, 0.1) is 13.1 Å². The van der Waals surface area contributed by atoms with Gasteiger partial charge in [-0.05, 0) is 0 Å². The van der Waals surface area contributed by atoms with Gasteiger partial charge in [0.15, 0.2) is 0 Å². The molecule has 0 aromatic rings. The minimum atomic E-state index is -0.247. The van der Waals surface area contributed by atoms with Crippen LogP contribution in [0.5, 0.6) is 0 Å². The Hall–Kier alpha value is -1.34. The summed E-state index contributed by atoms with van der Waals surface area (Å²) in [6.45, 7) is 1.15. The number of amides is 2. The fourth-order valence-electron chi connectivity index (χ4n) is 1.08. The summed E-state index contributed by atoms with van der Waals surface area (Å²) in [7, 11) is 0. The highest BCUT2D eigenvalue weighted by Gasteiger charge is 2.21. The average Bonchev–Trinajstić information content (AvgIpc) is 1.99. The van der Waals surface area contributed by atoms with Crippen LogP contribution in [0.15, 0.2) is 0 Å². The van der Waals surface area contributed by atoms with E-state index in [0.717, 1.165) is 0 Å². The molecule has 0 saturated carbocycles. The average molecular weight is 166 g/mol. The van der Waals surface area contributed by atoms with Gasteiger partial charge >= 0.3 is 0 Å². The van der Waals surface area contributed by atoms with E-state index in [1.54, 1.807) is 4.90 Å². The molecule has 1 aliphatic heterocycles. The molecule has 12 heavy (non-hydrogen) atoms. The van der Waals surface area contributed by atoms with Gasteiger partial charge in [-0.1, -0.05) is 0 Å². The highest BCUT2D eigenvalue weighted by atomic mass is 16.2. The third-order valence-corrected chi connectivity index (χ3v) is 1.59. The summed E-state index contributed by atoms with van der Waals surface area (Å²) >= 11 is 0.